The number of carboxylic acid groups (broad SMARTS) is 1. The normalized spacial score (nSPS) is 16.5. The smallest absolute Gasteiger partial charge is 0.475 e. The van der Waals surface area contributed by atoms with Gasteiger partial charge in [0.25, 0.3) is 0 Å². The highest BCUT2D eigenvalue weighted by atomic mass is 32.2. The first-order valence-corrected chi connectivity index (χ1v) is 12.7. The molecule has 212 valence electrons. The summed E-state index contributed by atoms with van der Waals surface area (Å²) >= 11 is 0. The summed E-state index contributed by atoms with van der Waals surface area (Å²) in [6.07, 6.45) is -8.59. The number of rotatable bonds is 5. The first-order chi connectivity index (χ1) is 16.5. The zero-order valence-electron chi connectivity index (χ0n) is 21.1. The van der Waals surface area contributed by atoms with Gasteiger partial charge in [-0.25, -0.2) is 13.2 Å². The van der Waals surface area contributed by atoms with E-state index in [1.807, 2.05) is 25.7 Å². The molecule has 2 N–H and O–H groups in total. The highest BCUT2D eigenvalue weighted by Gasteiger charge is 2.44. The molecule has 0 aliphatic carbocycles. The summed E-state index contributed by atoms with van der Waals surface area (Å²) < 4.78 is 96.0. The van der Waals surface area contributed by atoms with Crippen molar-refractivity contribution in [2.24, 2.45) is 5.92 Å². The van der Waals surface area contributed by atoms with E-state index < -0.39 is 38.5 Å². The second kappa shape index (κ2) is 11.6. The van der Waals surface area contributed by atoms with Crippen LogP contribution in [0.2, 0.25) is 0 Å². The van der Waals surface area contributed by atoms with E-state index in [0.717, 1.165) is 12.1 Å². The summed E-state index contributed by atoms with van der Waals surface area (Å²) in [5.74, 6) is -3.07. The lowest BCUT2D eigenvalue weighted by molar-refractivity contribution is -0.192. The molecular formula is C23H32F6N2O5S. The van der Waals surface area contributed by atoms with Gasteiger partial charge in [0.1, 0.15) is 0 Å². The van der Waals surface area contributed by atoms with Crippen molar-refractivity contribution in [3.63, 3.8) is 0 Å². The van der Waals surface area contributed by atoms with Crippen molar-refractivity contribution < 1.29 is 49.5 Å². The lowest BCUT2D eigenvalue weighted by Gasteiger charge is -2.40. The summed E-state index contributed by atoms with van der Waals surface area (Å²) in [7, 11) is -3.98. The van der Waals surface area contributed by atoms with Gasteiger partial charge < -0.3 is 10.4 Å². The molecule has 1 saturated heterocycles. The standard InChI is InChI=1S/C21H31F3N2O3S.C2HF3O2/c1-19(2,3)25-18(27)14-26-11-9-15(10-12-26)20(4,5)30(28,29)17-8-6-7-16(13-17)21(22,23)24;3-2(4,5)1(6)7/h6-8,13,15H,9-12,14H2,1-5H3,(H,25,27);(H,6,7). The molecule has 0 aromatic heterocycles. The van der Waals surface area contributed by atoms with Crippen LogP contribution in [0.5, 0.6) is 0 Å². The van der Waals surface area contributed by atoms with E-state index in [9.17, 15) is 39.6 Å². The maximum atomic E-state index is 13.2. The third-order valence-corrected chi connectivity index (χ3v) is 8.45. The molecule has 2 rings (SSSR count). The van der Waals surface area contributed by atoms with Crippen LogP contribution in [0.3, 0.4) is 0 Å². The number of carboxylic acids is 1. The van der Waals surface area contributed by atoms with Crippen LogP contribution >= 0.6 is 0 Å². The molecule has 1 amide bonds. The van der Waals surface area contributed by atoms with Gasteiger partial charge >= 0.3 is 18.3 Å². The Morgan fingerprint density at radius 3 is 1.89 bits per heavy atom. The Morgan fingerprint density at radius 2 is 1.49 bits per heavy atom. The van der Waals surface area contributed by atoms with Gasteiger partial charge in [0, 0.05) is 5.54 Å². The second-order valence-corrected chi connectivity index (χ2v) is 12.8. The quantitative estimate of drug-likeness (QED) is 0.512. The van der Waals surface area contributed by atoms with Gasteiger partial charge in [-0.05, 0) is 84.7 Å². The molecular weight excluding hydrogens is 530 g/mol. The molecule has 0 saturated carbocycles. The summed E-state index contributed by atoms with van der Waals surface area (Å²) in [4.78, 5) is 22.7. The maximum Gasteiger partial charge on any atom is 0.490 e. The van der Waals surface area contributed by atoms with E-state index in [1.54, 1.807) is 13.8 Å². The van der Waals surface area contributed by atoms with Crippen LogP contribution in [0.1, 0.15) is 53.0 Å². The number of sulfone groups is 1. The number of carbonyl (C=O) groups is 2. The van der Waals surface area contributed by atoms with Crippen LogP contribution in [0, 0.1) is 5.92 Å². The summed E-state index contributed by atoms with van der Waals surface area (Å²) in [6.45, 7) is 10.2. The largest absolute Gasteiger partial charge is 0.490 e. The number of carbonyl (C=O) groups excluding carboxylic acids is 1. The Balaban J connectivity index is 0.000000856. The number of piperidine rings is 1. The van der Waals surface area contributed by atoms with Gasteiger partial charge in [0.05, 0.1) is 21.8 Å². The zero-order chi connectivity index (χ0) is 29.0. The van der Waals surface area contributed by atoms with Crippen molar-refractivity contribution in [1.82, 2.24) is 10.2 Å². The van der Waals surface area contributed by atoms with Crippen molar-refractivity contribution in [3.8, 4) is 0 Å². The number of halogens is 6. The van der Waals surface area contributed by atoms with Gasteiger partial charge in [-0.1, -0.05) is 6.07 Å². The molecule has 0 atom stereocenters. The van der Waals surface area contributed by atoms with E-state index in [1.165, 1.54) is 6.07 Å². The van der Waals surface area contributed by atoms with Crippen molar-refractivity contribution in [1.29, 1.82) is 0 Å². The average molecular weight is 563 g/mol. The number of nitrogens with one attached hydrogen (secondary N) is 1. The van der Waals surface area contributed by atoms with E-state index >= 15 is 0 Å². The lowest BCUT2D eigenvalue weighted by Crippen LogP contribution is -2.50. The fourth-order valence-electron chi connectivity index (χ4n) is 3.81. The van der Waals surface area contributed by atoms with Gasteiger partial charge in [-0.3, -0.25) is 9.69 Å². The molecule has 0 radical (unpaired) electrons. The predicted octanol–water partition coefficient (Wildman–Crippen LogP) is 4.52. The zero-order valence-corrected chi connectivity index (χ0v) is 21.9. The average Bonchev–Trinajstić information content (AvgIpc) is 2.72. The number of amides is 1. The first-order valence-electron chi connectivity index (χ1n) is 11.2. The van der Waals surface area contributed by atoms with Crippen molar-refractivity contribution in [2.45, 2.75) is 75.0 Å². The van der Waals surface area contributed by atoms with Crippen LogP contribution in [0.4, 0.5) is 26.3 Å². The van der Waals surface area contributed by atoms with Crippen molar-refractivity contribution >= 4 is 21.7 Å². The fourth-order valence-corrected chi connectivity index (χ4v) is 5.63. The van der Waals surface area contributed by atoms with Gasteiger partial charge in [-0.2, -0.15) is 26.3 Å². The monoisotopic (exact) mass is 562 g/mol. The van der Waals surface area contributed by atoms with E-state index in [4.69, 9.17) is 9.90 Å². The molecule has 1 aromatic carbocycles. The summed E-state index contributed by atoms with van der Waals surface area (Å²) in [5, 5.41) is 10.0. The third kappa shape index (κ3) is 9.47. The van der Waals surface area contributed by atoms with Crippen LogP contribution in [0.15, 0.2) is 29.2 Å². The molecule has 1 heterocycles. The van der Waals surface area contributed by atoms with Crippen LogP contribution in [0.25, 0.3) is 0 Å². The van der Waals surface area contributed by atoms with Gasteiger partial charge in [-0.15, -0.1) is 0 Å². The number of nitrogens with zero attached hydrogens (tertiary/aromatic N) is 1. The molecule has 1 aliphatic rings. The number of likely N-dealkylation sites (tertiary alicyclic amines) is 1. The molecule has 37 heavy (non-hydrogen) atoms. The molecule has 0 spiro atoms. The molecule has 0 bridgehead atoms. The Labute approximate surface area is 212 Å². The molecule has 1 fully saturated rings. The van der Waals surface area contributed by atoms with E-state index in [2.05, 4.69) is 5.32 Å². The SMILES string of the molecule is CC(C)(C)NC(=O)CN1CCC(C(C)(C)S(=O)(=O)c2cccc(C(F)(F)F)c2)CC1.O=C(O)C(F)(F)F. The van der Waals surface area contributed by atoms with Crippen LogP contribution < -0.4 is 5.32 Å². The predicted molar refractivity (Wildman–Crippen MR) is 123 cm³/mol. The minimum absolute atomic E-state index is 0.0863. The maximum absolute atomic E-state index is 13.2. The molecule has 1 aliphatic heterocycles. The van der Waals surface area contributed by atoms with Crippen molar-refractivity contribution in [3.05, 3.63) is 29.8 Å². The minimum atomic E-state index is -5.08. The molecule has 7 nitrogen and oxygen atoms in total. The highest BCUT2D eigenvalue weighted by Crippen LogP contribution is 2.39. The third-order valence-electron chi connectivity index (χ3n) is 5.86. The topological polar surface area (TPSA) is 104 Å². The van der Waals surface area contributed by atoms with E-state index in [0.29, 0.717) is 32.0 Å². The van der Waals surface area contributed by atoms with Crippen molar-refractivity contribution in [2.75, 3.05) is 19.6 Å². The number of aliphatic carboxylic acids is 1. The van der Waals surface area contributed by atoms with Gasteiger partial charge in [0.15, 0.2) is 9.84 Å². The summed E-state index contributed by atoms with van der Waals surface area (Å²) in [5.41, 5.74) is -1.30. The second-order valence-electron chi connectivity index (χ2n) is 10.3. The Bertz CT molecular complexity index is 1050. The number of hydrogen-bond acceptors (Lipinski definition) is 5. The fraction of sp³-hybridized carbons (Fsp3) is 0.652. The van der Waals surface area contributed by atoms with Gasteiger partial charge in [0.2, 0.25) is 5.91 Å². The lowest BCUT2D eigenvalue weighted by atomic mass is 9.86. The number of benzene rings is 1. The molecule has 0 unspecified atom stereocenters. The number of alkyl halides is 6. The number of hydrogen-bond donors (Lipinski definition) is 2. The first kappa shape index (κ1) is 32.7. The highest BCUT2D eigenvalue weighted by molar-refractivity contribution is 7.92. The van der Waals surface area contributed by atoms with E-state index in [-0.39, 0.29) is 28.8 Å². The summed E-state index contributed by atoms with van der Waals surface area (Å²) in [6, 6.07) is 3.93. The van der Waals surface area contributed by atoms with Crippen LogP contribution in [-0.4, -0.2) is 66.4 Å². The molecule has 1 aromatic rings. The molecule has 14 heteroatoms. The Morgan fingerprint density at radius 1 is 1.00 bits per heavy atom. The Kier molecular flexibility index (Phi) is 10.2. The Hall–Kier alpha value is -2.35. The van der Waals surface area contributed by atoms with Crippen LogP contribution in [-0.2, 0) is 25.6 Å². The minimum Gasteiger partial charge on any atom is -0.475 e.